The van der Waals surface area contributed by atoms with Crippen molar-refractivity contribution in [3.8, 4) is 6.07 Å². The molecule has 1 fully saturated rings. The molecule has 0 unspecified atom stereocenters. The molecule has 0 radical (unpaired) electrons. The van der Waals surface area contributed by atoms with Crippen LogP contribution in [0.25, 0.3) is 6.08 Å². The van der Waals surface area contributed by atoms with E-state index in [9.17, 15) is 9.90 Å². The van der Waals surface area contributed by atoms with Gasteiger partial charge in [-0.2, -0.15) is 5.26 Å². The van der Waals surface area contributed by atoms with E-state index in [-0.39, 0.29) is 12.5 Å². The van der Waals surface area contributed by atoms with Crippen LogP contribution in [0.4, 0.5) is 0 Å². The maximum atomic E-state index is 11.8. The van der Waals surface area contributed by atoms with Gasteiger partial charge < -0.3 is 10.4 Å². The zero-order chi connectivity index (χ0) is 13.7. The van der Waals surface area contributed by atoms with Gasteiger partial charge in [0.1, 0.15) is 0 Å². The van der Waals surface area contributed by atoms with E-state index in [2.05, 4.69) is 11.4 Å². The van der Waals surface area contributed by atoms with Crippen LogP contribution in [-0.2, 0) is 4.79 Å². The molecule has 0 atom stereocenters. The molecule has 0 aliphatic heterocycles. The molecule has 0 spiro atoms. The first-order valence-electron chi connectivity index (χ1n) is 6.29. The average molecular weight is 256 g/mol. The number of rotatable bonds is 4. The minimum absolute atomic E-state index is 0.0174. The number of hydrogen-bond acceptors (Lipinski definition) is 3. The Hall–Kier alpha value is -2.12. The zero-order valence-corrected chi connectivity index (χ0v) is 10.6. The Morgan fingerprint density at radius 3 is 2.89 bits per heavy atom. The van der Waals surface area contributed by atoms with Crippen molar-refractivity contribution in [2.24, 2.45) is 0 Å². The molecule has 98 valence electrons. The van der Waals surface area contributed by atoms with Crippen LogP contribution in [0.3, 0.4) is 0 Å². The molecule has 2 rings (SSSR count). The number of nitriles is 1. The van der Waals surface area contributed by atoms with Crippen LogP contribution < -0.4 is 5.32 Å². The van der Waals surface area contributed by atoms with Crippen LogP contribution >= 0.6 is 0 Å². The zero-order valence-electron chi connectivity index (χ0n) is 10.6. The van der Waals surface area contributed by atoms with Crippen LogP contribution in [0, 0.1) is 11.3 Å². The summed E-state index contributed by atoms with van der Waals surface area (Å²) in [5.41, 5.74) is 0.949. The molecule has 0 heterocycles. The van der Waals surface area contributed by atoms with Crippen LogP contribution in [0.2, 0.25) is 0 Å². The van der Waals surface area contributed by atoms with Crippen LogP contribution in [0.1, 0.15) is 30.4 Å². The molecule has 0 bridgehead atoms. The number of aliphatic hydroxyl groups excluding tert-OH is 1. The summed E-state index contributed by atoms with van der Waals surface area (Å²) in [4.78, 5) is 11.8. The maximum absolute atomic E-state index is 11.8. The van der Waals surface area contributed by atoms with Gasteiger partial charge in [0, 0.05) is 6.08 Å². The largest absolute Gasteiger partial charge is 0.394 e. The Bertz CT molecular complexity index is 534. The standard InChI is InChI=1S/C15H16N2O2/c16-10-13-4-1-3-12(9-13)5-6-14(19)17-15(11-18)7-2-8-15/h1,3-6,9,18H,2,7-8,11H2,(H,17,19)/b6-5+. The fourth-order valence-corrected chi connectivity index (χ4v) is 2.11. The lowest BCUT2D eigenvalue weighted by atomic mass is 9.77. The van der Waals surface area contributed by atoms with Gasteiger partial charge in [0.05, 0.1) is 23.8 Å². The number of amides is 1. The van der Waals surface area contributed by atoms with Gasteiger partial charge in [-0.15, -0.1) is 0 Å². The summed E-state index contributed by atoms with van der Waals surface area (Å²) in [5.74, 6) is -0.212. The Morgan fingerprint density at radius 2 is 2.32 bits per heavy atom. The Kier molecular flexibility index (Phi) is 3.98. The summed E-state index contributed by atoms with van der Waals surface area (Å²) < 4.78 is 0. The van der Waals surface area contributed by atoms with E-state index in [1.807, 2.05) is 6.07 Å². The normalized spacial score (nSPS) is 16.6. The van der Waals surface area contributed by atoms with E-state index in [1.54, 1.807) is 24.3 Å². The van der Waals surface area contributed by atoms with Crippen molar-refractivity contribution in [2.75, 3.05) is 6.61 Å². The lowest BCUT2D eigenvalue weighted by Gasteiger charge is -2.40. The second-order valence-electron chi connectivity index (χ2n) is 4.85. The topological polar surface area (TPSA) is 73.1 Å². The number of nitrogens with one attached hydrogen (secondary N) is 1. The molecule has 2 N–H and O–H groups in total. The van der Waals surface area contributed by atoms with Gasteiger partial charge in [-0.3, -0.25) is 4.79 Å². The summed E-state index contributed by atoms with van der Waals surface area (Å²) in [7, 11) is 0. The second-order valence-corrected chi connectivity index (χ2v) is 4.85. The highest BCUT2D eigenvalue weighted by Gasteiger charge is 2.37. The summed E-state index contributed by atoms with van der Waals surface area (Å²) in [5, 5.41) is 20.9. The van der Waals surface area contributed by atoms with Crippen molar-refractivity contribution in [3.05, 3.63) is 41.5 Å². The van der Waals surface area contributed by atoms with Crippen LogP contribution in [0.5, 0.6) is 0 Å². The molecule has 0 saturated heterocycles. The number of nitrogens with zero attached hydrogens (tertiary/aromatic N) is 1. The lowest BCUT2D eigenvalue weighted by molar-refractivity contribution is -0.120. The number of aliphatic hydroxyl groups is 1. The SMILES string of the molecule is N#Cc1cccc(/C=C/C(=O)NC2(CO)CCC2)c1. The monoisotopic (exact) mass is 256 g/mol. The molecule has 1 saturated carbocycles. The van der Waals surface area contributed by atoms with Crippen LogP contribution in [0.15, 0.2) is 30.3 Å². The molecule has 4 nitrogen and oxygen atoms in total. The minimum atomic E-state index is -0.421. The second kappa shape index (κ2) is 5.68. The first-order valence-corrected chi connectivity index (χ1v) is 6.29. The summed E-state index contributed by atoms with van der Waals surface area (Å²) in [6.07, 6.45) is 5.79. The fraction of sp³-hybridized carbons (Fsp3) is 0.333. The first-order chi connectivity index (χ1) is 9.17. The lowest BCUT2D eigenvalue weighted by Crippen LogP contribution is -2.55. The molecule has 1 aliphatic rings. The van der Waals surface area contributed by atoms with Gasteiger partial charge in [0.15, 0.2) is 0 Å². The van der Waals surface area contributed by atoms with Crippen molar-refractivity contribution in [1.29, 1.82) is 5.26 Å². The number of hydrogen-bond donors (Lipinski definition) is 2. The number of carbonyl (C=O) groups excluding carboxylic acids is 1. The molecular weight excluding hydrogens is 240 g/mol. The van der Waals surface area contributed by atoms with Crippen molar-refractivity contribution in [1.82, 2.24) is 5.32 Å². The first kappa shape index (κ1) is 13.3. The Morgan fingerprint density at radius 1 is 1.53 bits per heavy atom. The summed E-state index contributed by atoms with van der Waals surface area (Å²) >= 11 is 0. The van der Waals surface area contributed by atoms with E-state index in [0.29, 0.717) is 5.56 Å². The van der Waals surface area contributed by atoms with Gasteiger partial charge in [-0.25, -0.2) is 0 Å². The van der Waals surface area contributed by atoms with Crippen LogP contribution in [-0.4, -0.2) is 23.2 Å². The van der Waals surface area contributed by atoms with E-state index < -0.39 is 5.54 Å². The highest BCUT2D eigenvalue weighted by atomic mass is 16.3. The number of benzene rings is 1. The molecule has 4 heteroatoms. The van der Waals surface area contributed by atoms with E-state index >= 15 is 0 Å². The maximum Gasteiger partial charge on any atom is 0.244 e. The fourth-order valence-electron chi connectivity index (χ4n) is 2.11. The van der Waals surface area contributed by atoms with E-state index in [1.165, 1.54) is 6.08 Å². The third-order valence-corrected chi connectivity index (χ3v) is 3.44. The molecule has 0 aromatic heterocycles. The van der Waals surface area contributed by atoms with Gasteiger partial charge >= 0.3 is 0 Å². The Balaban J connectivity index is 1.98. The van der Waals surface area contributed by atoms with Gasteiger partial charge in [-0.1, -0.05) is 12.1 Å². The van der Waals surface area contributed by atoms with E-state index in [0.717, 1.165) is 24.8 Å². The van der Waals surface area contributed by atoms with Gasteiger partial charge in [0.25, 0.3) is 0 Å². The van der Waals surface area contributed by atoms with Crippen molar-refractivity contribution >= 4 is 12.0 Å². The molecule has 19 heavy (non-hydrogen) atoms. The Labute approximate surface area is 112 Å². The number of carbonyl (C=O) groups is 1. The van der Waals surface area contributed by atoms with Crippen molar-refractivity contribution in [2.45, 2.75) is 24.8 Å². The summed E-state index contributed by atoms with van der Waals surface area (Å²) in [6.45, 7) is -0.0174. The van der Waals surface area contributed by atoms with Crippen molar-refractivity contribution in [3.63, 3.8) is 0 Å². The minimum Gasteiger partial charge on any atom is -0.394 e. The smallest absolute Gasteiger partial charge is 0.244 e. The van der Waals surface area contributed by atoms with Crippen molar-refractivity contribution < 1.29 is 9.90 Å². The highest BCUT2D eigenvalue weighted by Crippen LogP contribution is 2.31. The van der Waals surface area contributed by atoms with Gasteiger partial charge in [0.2, 0.25) is 5.91 Å². The predicted octanol–water partition coefficient (Wildman–Crippen LogP) is 1.60. The van der Waals surface area contributed by atoms with E-state index in [4.69, 9.17) is 5.26 Å². The molecule has 1 aromatic carbocycles. The molecular formula is C15H16N2O2. The quantitative estimate of drug-likeness (QED) is 0.804. The highest BCUT2D eigenvalue weighted by molar-refractivity contribution is 5.92. The van der Waals surface area contributed by atoms with Gasteiger partial charge in [-0.05, 0) is 43.0 Å². The average Bonchev–Trinajstić information content (AvgIpc) is 2.41. The predicted molar refractivity (Wildman–Crippen MR) is 72.0 cm³/mol. The molecule has 1 amide bonds. The summed E-state index contributed by atoms with van der Waals surface area (Å²) in [6, 6.07) is 9.09. The third kappa shape index (κ3) is 3.21. The molecule has 1 aliphatic carbocycles. The molecule has 1 aromatic rings. The third-order valence-electron chi connectivity index (χ3n) is 3.44.